The van der Waals surface area contributed by atoms with E-state index < -0.39 is 5.54 Å². The van der Waals surface area contributed by atoms with Gasteiger partial charge in [-0.05, 0) is 38.5 Å². The summed E-state index contributed by atoms with van der Waals surface area (Å²) in [4.78, 5) is 11.7. The zero-order chi connectivity index (χ0) is 14.3. The molecule has 0 fully saturated rings. The van der Waals surface area contributed by atoms with Crippen LogP contribution in [0.5, 0.6) is 0 Å². The average molecular weight is 266 g/mol. The molecule has 0 aliphatic rings. The number of hydrogen-bond acceptors (Lipinski definition) is 3. The van der Waals surface area contributed by atoms with E-state index in [-0.39, 0.29) is 12.6 Å². The highest BCUT2D eigenvalue weighted by Crippen LogP contribution is 2.12. The molecule has 5 nitrogen and oxygen atoms in total. The molecule has 0 aromatic heterocycles. The van der Waals surface area contributed by atoms with E-state index in [9.17, 15) is 4.79 Å². The monoisotopic (exact) mass is 266 g/mol. The first kappa shape index (κ1) is 15.5. The molecule has 0 aliphatic heterocycles. The number of aliphatic hydroxyl groups is 1. The number of aliphatic hydroxyl groups excluding tert-OH is 1. The number of benzene rings is 1. The van der Waals surface area contributed by atoms with Gasteiger partial charge in [-0.1, -0.05) is 12.1 Å². The fraction of sp³-hybridized carbons (Fsp3) is 0.500. The van der Waals surface area contributed by atoms with Crippen molar-refractivity contribution in [3.63, 3.8) is 0 Å². The molecule has 0 atom stereocenters. The summed E-state index contributed by atoms with van der Waals surface area (Å²) in [6.45, 7) is 6.49. The molecule has 3 N–H and O–H groups in total. The van der Waals surface area contributed by atoms with Gasteiger partial charge in [0.15, 0.2) is 0 Å². The van der Waals surface area contributed by atoms with Crippen LogP contribution in [-0.2, 0) is 11.3 Å². The van der Waals surface area contributed by atoms with Gasteiger partial charge in [0.25, 0.3) is 0 Å². The molecule has 2 amide bonds. The molecule has 1 rings (SSSR count). The number of anilines is 1. The third kappa shape index (κ3) is 5.72. The van der Waals surface area contributed by atoms with E-state index in [4.69, 9.17) is 9.84 Å². The van der Waals surface area contributed by atoms with Crippen molar-refractivity contribution in [1.82, 2.24) is 5.32 Å². The lowest BCUT2D eigenvalue weighted by Gasteiger charge is -2.23. The van der Waals surface area contributed by atoms with Crippen molar-refractivity contribution < 1.29 is 14.6 Å². The lowest BCUT2D eigenvalue weighted by atomic mass is 10.1. The summed E-state index contributed by atoms with van der Waals surface area (Å²) in [5, 5.41) is 14.5. The Morgan fingerprint density at radius 3 is 2.79 bits per heavy atom. The number of ether oxygens (including phenoxy) is 1. The van der Waals surface area contributed by atoms with Crippen molar-refractivity contribution in [2.45, 2.75) is 32.9 Å². The minimum atomic E-state index is -0.646. The standard InChI is InChI=1S/C14H22N2O3/c1-4-19-9-11-6-5-7-12(8-11)15-13(18)16-14(2,3)10-17/h5-8,17H,4,9-10H2,1-3H3,(H2,15,16,18). The largest absolute Gasteiger partial charge is 0.394 e. The van der Waals surface area contributed by atoms with Crippen LogP contribution in [-0.4, -0.2) is 29.9 Å². The lowest BCUT2D eigenvalue weighted by Crippen LogP contribution is -2.48. The highest BCUT2D eigenvalue weighted by Gasteiger charge is 2.18. The van der Waals surface area contributed by atoms with E-state index in [2.05, 4.69) is 10.6 Å². The number of amides is 2. The Labute approximate surface area is 114 Å². The second-order valence-corrected chi connectivity index (χ2v) is 4.96. The van der Waals surface area contributed by atoms with Gasteiger partial charge in [0, 0.05) is 12.3 Å². The molecule has 0 heterocycles. The van der Waals surface area contributed by atoms with E-state index in [1.807, 2.05) is 25.1 Å². The molecule has 19 heavy (non-hydrogen) atoms. The summed E-state index contributed by atoms with van der Waals surface area (Å²) in [5.41, 5.74) is 1.05. The maximum absolute atomic E-state index is 11.7. The molecule has 0 spiro atoms. The molecule has 0 bridgehead atoms. The van der Waals surface area contributed by atoms with Crippen molar-refractivity contribution >= 4 is 11.7 Å². The second kappa shape index (κ2) is 7.11. The van der Waals surface area contributed by atoms with Crippen molar-refractivity contribution in [2.75, 3.05) is 18.5 Å². The molecule has 0 saturated heterocycles. The maximum Gasteiger partial charge on any atom is 0.319 e. The summed E-state index contributed by atoms with van der Waals surface area (Å²) >= 11 is 0. The van der Waals surface area contributed by atoms with Gasteiger partial charge in [0.1, 0.15) is 0 Å². The fourth-order valence-electron chi connectivity index (χ4n) is 1.47. The molecule has 0 saturated carbocycles. The molecule has 0 radical (unpaired) electrons. The topological polar surface area (TPSA) is 70.6 Å². The highest BCUT2D eigenvalue weighted by molar-refractivity contribution is 5.89. The predicted octanol–water partition coefficient (Wildman–Crippen LogP) is 2.12. The molecular weight excluding hydrogens is 244 g/mol. The number of hydrogen-bond donors (Lipinski definition) is 3. The van der Waals surface area contributed by atoms with Gasteiger partial charge in [-0.15, -0.1) is 0 Å². The summed E-state index contributed by atoms with van der Waals surface area (Å²) in [5.74, 6) is 0. The summed E-state index contributed by atoms with van der Waals surface area (Å²) in [7, 11) is 0. The van der Waals surface area contributed by atoms with Crippen molar-refractivity contribution in [3.8, 4) is 0 Å². The van der Waals surface area contributed by atoms with Gasteiger partial charge in [-0.2, -0.15) is 0 Å². The second-order valence-electron chi connectivity index (χ2n) is 4.96. The van der Waals surface area contributed by atoms with Crippen LogP contribution >= 0.6 is 0 Å². The molecule has 0 unspecified atom stereocenters. The first-order valence-electron chi connectivity index (χ1n) is 6.33. The summed E-state index contributed by atoms with van der Waals surface area (Å²) in [6.07, 6.45) is 0. The van der Waals surface area contributed by atoms with Crippen LogP contribution in [0.15, 0.2) is 24.3 Å². The van der Waals surface area contributed by atoms with Gasteiger partial charge >= 0.3 is 6.03 Å². The molecular formula is C14H22N2O3. The summed E-state index contributed by atoms with van der Waals surface area (Å²) in [6, 6.07) is 7.13. The van der Waals surface area contributed by atoms with Crippen LogP contribution in [0, 0.1) is 0 Å². The minimum absolute atomic E-state index is 0.120. The predicted molar refractivity (Wildman–Crippen MR) is 75.1 cm³/mol. The van der Waals surface area contributed by atoms with Crippen LogP contribution in [0.3, 0.4) is 0 Å². The highest BCUT2D eigenvalue weighted by atomic mass is 16.5. The van der Waals surface area contributed by atoms with E-state index in [1.165, 1.54) is 0 Å². The molecule has 0 aliphatic carbocycles. The zero-order valence-electron chi connectivity index (χ0n) is 11.7. The third-order valence-corrected chi connectivity index (χ3v) is 2.50. The number of carbonyl (C=O) groups is 1. The lowest BCUT2D eigenvalue weighted by molar-refractivity contribution is 0.134. The third-order valence-electron chi connectivity index (χ3n) is 2.50. The summed E-state index contributed by atoms with van der Waals surface area (Å²) < 4.78 is 5.32. The Hall–Kier alpha value is -1.59. The van der Waals surface area contributed by atoms with Gasteiger partial charge in [-0.3, -0.25) is 0 Å². The van der Waals surface area contributed by atoms with Crippen molar-refractivity contribution in [1.29, 1.82) is 0 Å². The Morgan fingerprint density at radius 1 is 1.42 bits per heavy atom. The molecule has 5 heteroatoms. The van der Waals surface area contributed by atoms with E-state index >= 15 is 0 Å². The fourth-order valence-corrected chi connectivity index (χ4v) is 1.47. The number of carbonyl (C=O) groups excluding carboxylic acids is 1. The van der Waals surface area contributed by atoms with Crippen LogP contribution < -0.4 is 10.6 Å². The number of urea groups is 1. The Kier molecular flexibility index (Phi) is 5.79. The SMILES string of the molecule is CCOCc1cccc(NC(=O)NC(C)(C)CO)c1. The molecule has 1 aromatic rings. The number of rotatable bonds is 6. The van der Waals surface area contributed by atoms with Gasteiger partial charge in [0.2, 0.25) is 0 Å². The smallest absolute Gasteiger partial charge is 0.319 e. The van der Waals surface area contributed by atoms with Crippen LogP contribution in [0.1, 0.15) is 26.3 Å². The number of nitrogens with one attached hydrogen (secondary N) is 2. The van der Waals surface area contributed by atoms with Gasteiger partial charge < -0.3 is 20.5 Å². The Morgan fingerprint density at radius 2 is 2.16 bits per heavy atom. The van der Waals surface area contributed by atoms with Crippen LogP contribution in [0.4, 0.5) is 10.5 Å². The molecule has 106 valence electrons. The first-order chi connectivity index (χ1) is 8.96. The van der Waals surface area contributed by atoms with E-state index in [0.29, 0.717) is 18.9 Å². The zero-order valence-corrected chi connectivity index (χ0v) is 11.7. The minimum Gasteiger partial charge on any atom is -0.394 e. The average Bonchev–Trinajstić information content (AvgIpc) is 2.36. The molecule has 1 aromatic carbocycles. The normalized spacial score (nSPS) is 11.2. The maximum atomic E-state index is 11.7. The van der Waals surface area contributed by atoms with Crippen molar-refractivity contribution in [2.24, 2.45) is 0 Å². The van der Waals surface area contributed by atoms with Crippen LogP contribution in [0.25, 0.3) is 0 Å². The Bertz CT molecular complexity index is 419. The quantitative estimate of drug-likeness (QED) is 0.738. The van der Waals surface area contributed by atoms with E-state index in [0.717, 1.165) is 5.56 Å². The van der Waals surface area contributed by atoms with Gasteiger partial charge in [0.05, 0.1) is 18.8 Å². The van der Waals surface area contributed by atoms with E-state index in [1.54, 1.807) is 19.9 Å². The van der Waals surface area contributed by atoms with Crippen molar-refractivity contribution in [3.05, 3.63) is 29.8 Å². The first-order valence-corrected chi connectivity index (χ1v) is 6.33. The van der Waals surface area contributed by atoms with Gasteiger partial charge in [-0.25, -0.2) is 4.79 Å². The van der Waals surface area contributed by atoms with Crippen LogP contribution in [0.2, 0.25) is 0 Å². The Balaban J connectivity index is 2.59.